The molecule has 2 aliphatic rings. The van der Waals surface area contributed by atoms with Gasteiger partial charge in [-0.25, -0.2) is 0 Å². The van der Waals surface area contributed by atoms with Crippen molar-refractivity contribution in [1.29, 1.82) is 0 Å². The Balaban J connectivity index is 1.94. The molecule has 1 aromatic rings. The standard InChI is InChI=1S/C14H17NO4/c1-8-2-3-11-13(19-5-4-18-11)12(8)10-6-9(7-15-10)14(16)17/h2-3,9-10,15H,4-7H2,1H3,(H,16,17). The van der Waals surface area contributed by atoms with E-state index in [0.717, 1.165) is 22.6 Å². The maximum atomic E-state index is 11.1. The van der Waals surface area contributed by atoms with Gasteiger partial charge in [-0.3, -0.25) is 4.79 Å². The average molecular weight is 263 g/mol. The van der Waals surface area contributed by atoms with E-state index in [1.165, 1.54) is 0 Å². The van der Waals surface area contributed by atoms with Crippen molar-refractivity contribution in [2.45, 2.75) is 19.4 Å². The number of fused-ring (bicyclic) bond motifs is 1. The van der Waals surface area contributed by atoms with Gasteiger partial charge in [-0.1, -0.05) is 6.07 Å². The van der Waals surface area contributed by atoms with Crippen molar-refractivity contribution in [2.75, 3.05) is 19.8 Å². The Kier molecular flexibility index (Phi) is 3.06. The second-order valence-electron chi connectivity index (χ2n) is 5.05. The Bertz CT molecular complexity index is 514. The fraction of sp³-hybridized carbons (Fsp3) is 0.500. The zero-order chi connectivity index (χ0) is 13.4. The van der Waals surface area contributed by atoms with Crippen LogP contribution in [0.3, 0.4) is 0 Å². The van der Waals surface area contributed by atoms with Crippen LogP contribution in [0.2, 0.25) is 0 Å². The Morgan fingerprint density at radius 2 is 2.16 bits per heavy atom. The maximum absolute atomic E-state index is 11.1. The first-order chi connectivity index (χ1) is 9.16. The third-order valence-electron chi connectivity index (χ3n) is 3.79. The molecule has 0 spiro atoms. The van der Waals surface area contributed by atoms with Crippen molar-refractivity contribution >= 4 is 5.97 Å². The van der Waals surface area contributed by atoms with Crippen LogP contribution in [-0.4, -0.2) is 30.8 Å². The van der Waals surface area contributed by atoms with Crippen LogP contribution in [-0.2, 0) is 4.79 Å². The fourth-order valence-corrected chi connectivity index (χ4v) is 2.81. The molecule has 0 aliphatic carbocycles. The molecule has 2 aliphatic heterocycles. The summed E-state index contributed by atoms with van der Waals surface area (Å²) in [5.41, 5.74) is 2.15. The lowest BCUT2D eigenvalue weighted by atomic mass is 9.95. The van der Waals surface area contributed by atoms with E-state index in [1.54, 1.807) is 0 Å². The number of rotatable bonds is 2. The summed E-state index contributed by atoms with van der Waals surface area (Å²) in [6.07, 6.45) is 0.593. The van der Waals surface area contributed by atoms with Gasteiger partial charge in [0.05, 0.1) is 5.92 Å². The summed E-state index contributed by atoms with van der Waals surface area (Å²) in [5.74, 6) is 0.460. The van der Waals surface area contributed by atoms with Crippen molar-refractivity contribution < 1.29 is 19.4 Å². The minimum atomic E-state index is -0.741. The van der Waals surface area contributed by atoms with Crippen molar-refractivity contribution in [2.24, 2.45) is 5.92 Å². The van der Waals surface area contributed by atoms with Gasteiger partial charge in [0.25, 0.3) is 0 Å². The van der Waals surface area contributed by atoms with Gasteiger partial charge >= 0.3 is 5.97 Å². The third kappa shape index (κ3) is 2.14. The molecule has 0 radical (unpaired) electrons. The Hall–Kier alpha value is -1.75. The van der Waals surface area contributed by atoms with Crippen LogP contribution in [0.1, 0.15) is 23.6 Å². The number of nitrogens with one attached hydrogen (secondary N) is 1. The van der Waals surface area contributed by atoms with Crippen LogP contribution in [0, 0.1) is 12.8 Å². The highest BCUT2D eigenvalue weighted by Crippen LogP contribution is 2.42. The molecule has 0 amide bonds. The highest BCUT2D eigenvalue weighted by Gasteiger charge is 2.34. The fourth-order valence-electron chi connectivity index (χ4n) is 2.81. The smallest absolute Gasteiger partial charge is 0.307 e. The Labute approximate surface area is 111 Å². The van der Waals surface area contributed by atoms with Crippen LogP contribution in [0.25, 0.3) is 0 Å². The molecule has 0 saturated carbocycles. The second-order valence-corrected chi connectivity index (χ2v) is 5.05. The van der Waals surface area contributed by atoms with Crippen LogP contribution < -0.4 is 14.8 Å². The normalized spacial score (nSPS) is 25.3. The number of carbonyl (C=O) groups is 1. The summed E-state index contributed by atoms with van der Waals surface area (Å²) in [6, 6.07) is 3.94. The van der Waals surface area contributed by atoms with Gasteiger partial charge in [0.2, 0.25) is 0 Å². The molecule has 5 nitrogen and oxygen atoms in total. The average Bonchev–Trinajstić information content (AvgIpc) is 2.88. The van der Waals surface area contributed by atoms with Crippen molar-refractivity contribution in [3.63, 3.8) is 0 Å². The highest BCUT2D eigenvalue weighted by molar-refractivity contribution is 5.71. The quantitative estimate of drug-likeness (QED) is 0.846. The first-order valence-electron chi connectivity index (χ1n) is 6.52. The molecule has 1 saturated heterocycles. The molecule has 1 aromatic carbocycles. The summed E-state index contributed by atoms with van der Waals surface area (Å²) in [4.78, 5) is 11.1. The van der Waals surface area contributed by atoms with Crippen molar-refractivity contribution in [3.05, 3.63) is 23.3 Å². The van der Waals surface area contributed by atoms with E-state index < -0.39 is 5.97 Å². The number of ether oxygens (including phenoxy) is 2. The topological polar surface area (TPSA) is 67.8 Å². The van der Waals surface area contributed by atoms with E-state index in [4.69, 9.17) is 14.6 Å². The summed E-state index contributed by atoms with van der Waals surface area (Å²) in [6.45, 7) is 3.62. The number of aliphatic carboxylic acids is 1. The molecule has 1 fully saturated rings. The van der Waals surface area contributed by atoms with Crippen molar-refractivity contribution in [3.8, 4) is 11.5 Å². The lowest BCUT2D eigenvalue weighted by Gasteiger charge is -2.25. The molecule has 2 N–H and O–H groups in total. The predicted molar refractivity (Wildman–Crippen MR) is 68.7 cm³/mol. The molecule has 2 unspecified atom stereocenters. The number of aryl methyl sites for hydroxylation is 1. The zero-order valence-corrected chi connectivity index (χ0v) is 10.8. The summed E-state index contributed by atoms with van der Waals surface area (Å²) < 4.78 is 11.3. The van der Waals surface area contributed by atoms with Crippen LogP contribution in [0.4, 0.5) is 0 Å². The first-order valence-corrected chi connectivity index (χ1v) is 6.52. The summed E-state index contributed by atoms with van der Waals surface area (Å²) >= 11 is 0. The molecule has 0 bridgehead atoms. The van der Waals surface area contributed by atoms with E-state index in [1.807, 2.05) is 19.1 Å². The number of hydrogen-bond acceptors (Lipinski definition) is 4. The molecule has 3 rings (SSSR count). The highest BCUT2D eigenvalue weighted by atomic mass is 16.6. The number of carboxylic acids is 1. The minimum Gasteiger partial charge on any atom is -0.486 e. The molecule has 5 heteroatoms. The molecule has 0 aromatic heterocycles. The van der Waals surface area contributed by atoms with Gasteiger partial charge in [-0.15, -0.1) is 0 Å². The largest absolute Gasteiger partial charge is 0.486 e. The summed E-state index contributed by atoms with van der Waals surface area (Å²) in [7, 11) is 0. The lowest BCUT2D eigenvalue weighted by Crippen LogP contribution is -2.21. The molecule has 2 atom stereocenters. The van der Waals surface area contributed by atoms with Gasteiger partial charge in [0.15, 0.2) is 11.5 Å². The number of benzene rings is 1. The SMILES string of the molecule is Cc1ccc2c(c1C1CC(C(=O)O)CN1)OCCO2. The molecular weight excluding hydrogens is 246 g/mol. The Morgan fingerprint density at radius 1 is 1.37 bits per heavy atom. The number of hydrogen-bond donors (Lipinski definition) is 2. The molecule has 19 heavy (non-hydrogen) atoms. The lowest BCUT2D eigenvalue weighted by molar-refractivity contribution is -0.141. The van der Waals surface area contributed by atoms with Gasteiger partial charge in [-0.2, -0.15) is 0 Å². The minimum absolute atomic E-state index is 0.0257. The van der Waals surface area contributed by atoms with Gasteiger partial charge in [0, 0.05) is 18.2 Å². The zero-order valence-electron chi connectivity index (χ0n) is 10.8. The third-order valence-corrected chi connectivity index (χ3v) is 3.79. The van der Waals surface area contributed by atoms with Crippen molar-refractivity contribution in [1.82, 2.24) is 5.32 Å². The van der Waals surface area contributed by atoms with Crippen LogP contribution in [0.15, 0.2) is 12.1 Å². The predicted octanol–water partition coefficient (Wildman–Crippen LogP) is 1.50. The number of carboxylic acid groups (broad SMARTS) is 1. The molecular formula is C14H17NO4. The van der Waals surface area contributed by atoms with E-state index in [9.17, 15) is 4.79 Å². The second kappa shape index (κ2) is 4.74. The molecule has 102 valence electrons. The first kappa shape index (κ1) is 12.3. The maximum Gasteiger partial charge on any atom is 0.307 e. The summed E-state index contributed by atoms with van der Waals surface area (Å²) in [5, 5.41) is 12.4. The van der Waals surface area contributed by atoms with E-state index in [-0.39, 0.29) is 12.0 Å². The molecule has 2 heterocycles. The van der Waals surface area contributed by atoms with E-state index >= 15 is 0 Å². The van der Waals surface area contributed by atoms with Crippen LogP contribution in [0.5, 0.6) is 11.5 Å². The van der Waals surface area contributed by atoms with Gasteiger partial charge < -0.3 is 19.9 Å². The Morgan fingerprint density at radius 3 is 2.89 bits per heavy atom. The van der Waals surface area contributed by atoms with E-state index in [0.29, 0.717) is 26.2 Å². The monoisotopic (exact) mass is 263 g/mol. The van der Waals surface area contributed by atoms with Crippen LogP contribution >= 0.6 is 0 Å². The van der Waals surface area contributed by atoms with E-state index in [2.05, 4.69) is 5.32 Å². The van der Waals surface area contributed by atoms with Gasteiger partial charge in [0.1, 0.15) is 13.2 Å². The van der Waals surface area contributed by atoms with Gasteiger partial charge in [-0.05, 0) is 25.0 Å².